The molecule has 1 heterocycles. The topological polar surface area (TPSA) is 70.7 Å². The van der Waals surface area contributed by atoms with Crippen LogP contribution in [0.5, 0.6) is 0 Å². The first kappa shape index (κ1) is 17.3. The lowest BCUT2D eigenvalue weighted by atomic mass is 9.95. The number of piperidine rings is 1. The number of hydrogen-bond acceptors (Lipinski definition) is 2. The summed E-state index contributed by atoms with van der Waals surface area (Å²) in [6, 6.07) is 10.4. The summed E-state index contributed by atoms with van der Waals surface area (Å²) < 4.78 is 0. The molecule has 1 aromatic carbocycles. The molecule has 1 unspecified atom stereocenters. The number of carbonyl (C=O) groups excluding carboxylic acids is 1. The Bertz CT molecular complexity index is 515. The van der Waals surface area contributed by atoms with Gasteiger partial charge in [0, 0.05) is 32.6 Å². The number of hydrogen-bond donors (Lipinski definition) is 2. The summed E-state index contributed by atoms with van der Waals surface area (Å²) in [5, 5.41) is 3.37. The van der Waals surface area contributed by atoms with Crippen LogP contribution in [0.25, 0.3) is 0 Å². The molecule has 1 saturated heterocycles. The lowest BCUT2D eigenvalue weighted by Crippen LogP contribution is -2.47. The molecule has 1 amide bonds. The first-order valence-corrected chi connectivity index (χ1v) is 8.54. The Morgan fingerprint density at radius 2 is 2.17 bits per heavy atom. The first-order chi connectivity index (χ1) is 11.2. The number of amides is 1. The Labute approximate surface area is 139 Å². The Morgan fingerprint density at radius 1 is 1.39 bits per heavy atom. The van der Waals surface area contributed by atoms with E-state index in [0.717, 1.165) is 51.4 Å². The van der Waals surface area contributed by atoms with E-state index in [1.54, 1.807) is 0 Å². The predicted octanol–water partition coefficient (Wildman–Crippen LogP) is 1.78. The minimum absolute atomic E-state index is 0.206. The van der Waals surface area contributed by atoms with Crippen LogP contribution >= 0.6 is 0 Å². The molecule has 1 aromatic rings. The van der Waals surface area contributed by atoms with E-state index in [9.17, 15) is 4.79 Å². The number of aliphatic imine (C=N–C) groups is 1. The van der Waals surface area contributed by atoms with Gasteiger partial charge in [-0.15, -0.1) is 0 Å². The van der Waals surface area contributed by atoms with Crippen LogP contribution in [0.4, 0.5) is 0 Å². The van der Waals surface area contributed by atoms with Crippen molar-refractivity contribution < 1.29 is 4.79 Å². The molecule has 0 aliphatic carbocycles. The van der Waals surface area contributed by atoms with Gasteiger partial charge in [-0.3, -0.25) is 9.79 Å². The molecule has 1 aliphatic heterocycles. The lowest BCUT2D eigenvalue weighted by molar-refractivity contribution is -0.119. The molecule has 3 N–H and O–H groups in total. The van der Waals surface area contributed by atoms with E-state index in [2.05, 4.69) is 41.4 Å². The molecule has 23 heavy (non-hydrogen) atoms. The first-order valence-electron chi connectivity index (χ1n) is 8.54. The number of nitrogens with zero attached hydrogens (tertiary/aromatic N) is 2. The van der Waals surface area contributed by atoms with Gasteiger partial charge >= 0.3 is 0 Å². The molecule has 5 nitrogen and oxygen atoms in total. The highest BCUT2D eigenvalue weighted by atomic mass is 16.1. The minimum Gasteiger partial charge on any atom is -0.370 e. The van der Waals surface area contributed by atoms with Gasteiger partial charge in [-0.05, 0) is 37.7 Å². The third kappa shape index (κ3) is 5.93. The Kier molecular flexibility index (Phi) is 6.91. The maximum Gasteiger partial charge on any atom is 0.217 e. The smallest absolute Gasteiger partial charge is 0.217 e. The average Bonchev–Trinajstić information content (AvgIpc) is 2.55. The standard InChI is InChI=1S/C18H28N4O/c1-2-20-18(21-11-10-15-7-4-3-5-8-15)22-12-6-9-16(14-22)13-17(19)23/h3-5,7-8,16H,2,6,9-14H2,1H3,(H2,19,23)(H,20,21). The molecule has 5 heteroatoms. The van der Waals surface area contributed by atoms with Crippen LogP contribution in [-0.4, -0.2) is 42.9 Å². The number of benzene rings is 1. The van der Waals surface area contributed by atoms with E-state index in [4.69, 9.17) is 10.7 Å². The zero-order valence-corrected chi connectivity index (χ0v) is 14.0. The summed E-state index contributed by atoms with van der Waals surface area (Å²) in [4.78, 5) is 18.2. The molecule has 1 fully saturated rings. The van der Waals surface area contributed by atoms with Crippen molar-refractivity contribution in [2.75, 3.05) is 26.2 Å². The summed E-state index contributed by atoms with van der Waals surface area (Å²) >= 11 is 0. The fourth-order valence-electron chi connectivity index (χ4n) is 3.07. The molecule has 126 valence electrons. The van der Waals surface area contributed by atoms with Crippen molar-refractivity contribution in [3.05, 3.63) is 35.9 Å². The number of carbonyl (C=O) groups is 1. The van der Waals surface area contributed by atoms with Gasteiger partial charge in [-0.1, -0.05) is 30.3 Å². The number of primary amides is 1. The monoisotopic (exact) mass is 316 g/mol. The third-order valence-electron chi connectivity index (χ3n) is 4.15. The predicted molar refractivity (Wildman–Crippen MR) is 94.2 cm³/mol. The molecule has 0 spiro atoms. The fraction of sp³-hybridized carbons (Fsp3) is 0.556. The van der Waals surface area contributed by atoms with E-state index < -0.39 is 0 Å². The summed E-state index contributed by atoms with van der Waals surface area (Å²) in [6.45, 7) is 5.55. The van der Waals surface area contributed by atoms with Crippen LogP contribution in [-0.2, 0) is 11.2 Å². The van der Waals surface area contributed by atoms with Gasteiger partial charge in [0.15, 0.2) is 5.96 Å². The van der Waals surface area contributed by atoms with Gasteiger partial charge in [0.25, 0.3) is 0 Å². The van der Waals surface area contributed by atoms with Crippen LogP contribution in [0, 0.1) is 5.92 Å². The Balaban J connectivity index is 1.93. The Morgan fingerprint density at radius 3 is 2.87 bits per heavy atom. The number of nitrogens with one attached hydrogen (secondary N) is 1. The highest BCUT2D eigenvalue weighted by Crippen LogP contribution is 2.19. The van der Waals surface area contributed by atoms with Crippen molar-refractivity contribution in [1.82, 2.24) is 10.2 Å². The van der Waals surface area contributed by atoms with Crippen molar-refractivity contribution in [2.24, 2.45) is 16.6 Å². The number of likely N-dealkylation sites (tertiary alicyclic amines) is 1. The number of guanidine groups is 1. The minimum atomic E-state index is -0.206. The van der Waals surface area contributed by atoms with Crippen LogP contribution in [0.15, 0.2) is 35.3 Å². The zero-order chi connectivity index (χ0) is 16.5. The quantitative estimate of drug-likeness (QED) is 0.621. The van der Waals surface area contributed by atoms with E-state index in [0.29, 0.717) is 12.3 Å². The molecule has 0 saturated carbocycles. The lowest BCUT2D eigenvalue weighted by Gasteiger charge is -2.34. The van der Waals surface area contributed by atoms with Crippen molar-refractivity contribution in [3.8, 4) is 0 Å². The highest BCUT2D eigenvalue weighted by Gasteiger charge is 2.23. The summed E-state index contributed by atoms with van der Waals surface area (Å²) in [7, 11) is 0. The molecular weight excluding hydrogens is 288 g/mol. The van der Waals surface area contributed by atoms with E-state index >= 15 is 0 Å². The molecule has 0 aromatic heterocycles. The molecule has 0 radical (unpaired) electrons. The molecular formula is C18H28N4O. The van der Waals surface area contributed by atoms with Crippen LogP contribution in [0.3, 0.4) is 0 Å². The van der Waals surface area contributed by atoms with Crippen LogP contribution in [0.1, 0.15) is 31.7 Å². The second kappa shape index (κ2) is 9.18. The summed E-state index contributed by atoms with van der Waals surface area (Å²) in [5.41, 5.74) is 6.65. The van der Waals surface area contributed by atoms with Crippen LogP contribution in [0.2, 0.25) is 0 Å². The second-order valence-electron chi connectivity index (χ2n) is 6.10. The third-order valence-corrected chi connectivity index (χ3v) is 4.15. The molecule has 1 atom stereocenters. The zero-order valence-electron chi connectivity index (χ0n) is 14.0. The van der Waals surface area contributed by atoms with E-state index in [1.807, 2.05) is 6.07 Å². The van der Waals surface area contributed by atoms with Gasteiger partial charge < -0.3 is 16.0 Å². The van der Waals surface area contributed by atoms with Gasteiger partial charge in [0.05, 0.1) is 0 Å². The summed E-state index contributed by atoms with van der Waals surface area (Å²) in [5.74, 6) is 1.10. The normalized spacial score (nSPS) is 18.7. The molecule has 2 rings (SSSR count). The SMILES string of the molecule is CCNC(=NCCc1ccccc1)N1CCCC(CC(N)=O)C1. The largest absolute Gasteiger partial charge is 0.370 e. The molecule has 0 bridgehead atoms. The van der Waals surface area contributed by atoms with Gasteiger partial charge in [-0.2, -0.15) is 0 Å². The van der Waals surface area contributed by atoms with Crippen molar-refractivity contribution in [3.63, 3.8) is 0 Å². The fourth-order valence-corrected chi connectivity index (χ4v) is 3.07. The van der Waals surface area contributed by atoms with Gasteiger partial charge in [0.2, 0.25) is 5.91 Å². The van der Waals surface area contributed by atoms with E-state index in [-0.39, 0.29) is 5.91 Å². The number of rotatable bonds is 6. The second-order valence-corrected chi connectivity index (χ2v) is 6.10. The summed E-state index contributed by atoms with van der Waals surface area (Å²) in [6.07, 6.45) is 3.57. The molecule has 1 aliphatic rings. The van der Waals surface area contributed by atoms with Crippen molar-refractivity contribution >= 4 is 11.9 Å². The van der Waals surface area contributed by atoms with Crippen LogP contribution < -0.4 is 11.1 Å². The van der Waals surface area contributed by atoms with Crippen molar-refractivity contribution in [2.45, 2.75) is 32.6 Å². The number of nitrogens with two attached hydrogens (primary N) is 1. The van der Waals surface area contributed by atoms with Gasteiger partial charge in [0.1, 0.15) is 0 Å². The maximum absolute atomic E-state index is 11.2. The average molecular weight is 316 g/mol. The van der Waals surface area contributed by atoms with Gasteiger partial charge in [-0.25, -0.2) is 0 Å². The maximum atomic E-state index is 11.2. The highest BCUT2D eigenvalue weighted by molar-refractivity contribution is 5.80. The van der Waals surface area contributed by atoms with E-state index in [1.165, 1.54) is 5.56 Å². The van der Waals surface area contributed by atoms with Crippen molar-refractivity contribution in [1.29, 1.82) is 0 Å². The Hall–Kier alpha value is -2.04.